The Bertz CT molecular complexity index is 152. The first-order valence-corrected chi connectivity index (χ1v) is 2.94. The Morgan fingerprint density at radius 1 is 1.70 bits per heavy atom. The third-order valence-electron chi connectivity index (χ3n) is 1.50. The van der Waals surface area contributed by atoms with Crippen LogP contribution in [0.2, 0.25) is 0 Å². The molecule has 2 N–H and O–H groups in total. The summed E-state index contributed by atoms with van der Waals surface area (Å²) in [5.41, 5.74) is 0. The van der Waals surface area contributed by atoms with Crippen molar-refractivity contribution in [3.8, 4) is 0 Å². The lowest BCUT2D eigenvalue weighted by molar-refractivity contribution is -0.148. The topological polar surface area (TPSA) is 60.8 Å². The summed E-state index contributed by atoms with van der Waals surface area (Å²) in [5, 5.41) is 17.2. The van der Waals surface area contributed by atoms with E-state index in [0.717, 1.165) is 0 Å². The predicted octanol–water partition coefficient (Wildman–Crippen LogP) is -0.609. The minimum atomic E-state index is -1.22. The average molecular weight is 149 g/mol. The predicted molar refractivity (Wildman–Crippen MR) is 29.9 cm³/mol. The Labute approximate surface area is 56.8 Å². The lowest BCUT2D eigenvalue weighted by Gasteiger charge is -2.07. The van der Waals surface area contributed by atoms with Crippen molar-refractivity contribution in [3.63, 3.8) is 0 Å². The minimum Gasteiger partial charge on any atom is -0.480 e. The second-order valence-electron chi connectivity index (χ2n) is 2.33. The van der Waals surface area contributed by atoms with Gasteiger partial charge < -0.3 is 10.2 Å². The van der Waals surface area contributed by atoms with Crippen molar-refractivity contribution in [2.75, 3.05) is 6.54 Å². The quantitative estimate of drug-likeness (QED) is 0.488. The van der Waals surface area contributed by atoms with E-state index in [0.29, 0.717) is 0 Å². The summed E-state index contributed by atoms with van der Waals surface area (Å²) in [6.07, 6.45) is -0.864. The molecule has 0 radical (unpaired) electrons. The molecule has 10 heavy (non-hydrogen) atoms. The molecule has 0 spiro atoms. The number of aliphatic hydroxyl groups excluding tert-OH is 1. The van der Waals surface area contributed by atoms with E-state index < -0.39 is 18.1 Å². The highest BCUT2D eigenvalue weighted by molar-refractivity contribution is 5.73. The van der Waals surface area contributed by atoms with Gasteiger partial charge in [-0.1, -0.05) is 0 Å². The molecule has 0 aliphatic carbocycles. The number of halogens is 1. The highest BCUT2D eigenvalue weighted by Gasteiger charge is 2.36. The zero-order chi connectivity index (χ0) is 7.72. The van der Waals surface area contributed by atoms with Crippen LogP contribution >= 0.6 is 0 Å². The Morgan fingerprint density at radius 3 is 2.50 bits per heavy atom. The number of aliphatic carboxylic acids is 1. The van der Waals surface area contributed by atoms with E-state index in [1.54, 1.807) is 0 Å². The SMILES string of the molecule is O=C(O)[C@H]1C[C@H](O)CN1F. The number of β-amino-alcohol motifs (C(OH)–C–C–N with tert-alkyl or cyclic N) is 1. The molecule has 0 bridgehead atoms. The molecule has 5 heteroatoms. The van der Waals surface area contributed by atoms with Gasteiger partial charge in [-0.2, -0.15) is 0 Å². The van der Waals surface area contributed by atoms with Crippen LogP contribution < -0.4 is 0 Å². The highest BCUT2D eigenvalue weighted by Crippen LogP contribution is 2.17. The van der Waals surface area contributed by atoms with E-state index in [4.69, 9.17) is 10.2 Å². The van der Waals surface area contributed by atoms with Crippen LogP contribution in [0.4, 0.5) is 4.48 Å². The number of hydrogen-bond acceptors (Lipinski definition) is 3. The van der Waals surface area contributed by atoms with Crippen LogP contribution in [0.3, 0.4) is 0 Å². The van der Waals surface area contributed by atoms with Crippen molar-refractivity contribution in [1.29, 1.82) is 0 Å². The summed E-state index contributed by atoms with van der Waals surface area (Å²) >= 11 is 0. The molecule has 1 aliphatic rings. The Balaban J connectivity index is 2.54. The van der Waals surface area contributed by atoms with Crippen molar-refractivity contribution in [1.82, 2.24) is 5.12 Å². The van der Waals surface area contributed by atoms with Crippen LogP contribution in [0.5, 0.6) is 0 Å². The summed E-state index contributed by atoms with van der Waals surface area (Å²) < 4.78 is 12.4. The number of hydrogen-bond donors (Lipinski definition) is 2. The molecule has 0 saturated carbocycles. The molecule has 1 fully saturated rings. The molecule has 0 amide bonds. The van der Waals surface area contributed by atoms with Gasteiger partial charge in [-0.15, -0.1) is 9.60 Å². The second-order valence-corrected chi connectivity index (χ2v) is 2.33. The number of rotatable bonds is 1. The summed E-state index contributed by atoms with van der Waals surface area (Å²) in [5.74, 6) is -1.22. The first-order chi connectivity index (χ1) is 4.61. The van der Waals surface area contributed by atoms with E-state index in [9.17, 15) is 9.28 Å². The average Bonchev–Trinajstić information content (AvgIpc) is 2.10. The highest BCUT2D eigenvalue weighted by atomic mass is 19.2. The van der Waals surface area contributed by atoms with Gasteiger partial charge in [-0.3, -0.25) is 4.79 Å². The van der Waals surface area contributed by atoms with Crippen molar-refractivity contribution >= 4 is 5.97 Å². The number of nitrogens with zero attached hydrogens (tertiary/aromatic N) is 1. The van der Waals surface area contributed by atoms with Crippen LogP contribution in [0.15, 0.2) is 0 Å². The molecule has 4 nitrogen and oxygen atoms in total. The van der Waals surface area contributed by atoms with Crippen LogP contribution in [0.25, 0.3) is 0 Å². The molecule has 0 unspecified atom stereocenters. The van der Waals surface area contributed by atoms with E-state index >= 15 is 0 Å². The van der Waals surface area contributed by atoms with Crippen molar-refractivity contribution in [2.45, 2.75) is 18.6 Å². The fourth-order valence-corrected chi connectivity index (χ4v) is 0.996. The molecular formula is C5H8FNO3. The molecule has 1 saturated heterocycles. The van der Waals surface area contributed by atoms with Gasteiger partial charge in [0.1, 0.15) is 6.04 Å². The number of carbonyl (C=O) groups is 1. The maximum Gasteiger partial charge on any atom is 0.323 e. The Hall–Kier alpha value is -0.680. The first-order valence-electron chi connectivity index (χ1n) is 2.94. The van der Waals surface area contributed by atoms with E-state index in [2.05, 4.69) is 0 Å². The summed E-state index contributed by atoms with van der Waals surface area (Å²) in [7, 11) is 0. The third kappa shape index (κ3) is 1.25. The fourth-order valence-electron chi connectivity index (χ4n) is 0.996. The molecule has 1 aliphatic heterocycles. The fraction of sp³-hybridized carbons (Fsp3) is 0.800. The maximum absolute atomic E-state index is 12.4. The standard InChI is InChI=1S/C5H8FNO3/c6-7-2-3(8)1-4(7)5(9)10/h3-4,8H,1-2H2,(H,9,10)/t3-,4+/m0/s1. The molecule has 0 aromatic heterocycles. The lowest BCUT2D eigenvalue weighted by Crippen LogP contribution is -2.29. The molecule has 1 heterocycles. The van der Waals surface area contributed by atoms with Gasteiger partial charge in [0, 0.05) is 6.42 Å². The lowest BCUT2D eigenvalue weighted by atomic mass is 10.2. The van der Waals surface area contributed by atoms with Crippen LogP contribution in [0, 0.1) is 0 Å². The van der Waals surface area contributed by atoms with Gasteiger partial charge in [0.15, 0.2) is 0 Å². The zero-order valence-electron chi connectivity index (χ0n) is 5.20. The van der Waals surface area contributed by atoms with Gasteiger partial charge in [0.2, 0.25) is 0 Å². The minimum absolute atomic E-state index is 0.0220. The molecule has 58 valence electrons. The smallest absolute Gasteiger partial charge is 0.323 e. The molecule has 1 rings (SSSR count). The van der Waals surface area contributed by atoms with Gasteiger partial charge in [0.05, 0.1) is 12.6 Å². The van der Waals surface area contributed by atoms with Crippen molar-refractivity contribution in [3.05, 3.63) is 0 Å². The van der Waals surface area contributed by atoms with Crippen LogP contribution in [-0.4, -0.2) is 40.0 Å². The molecular weight excluding hydrogens is 141 g/mol. The first kappa shape index (κ1) is 7.43. The monoisotopic (exact) mass is 149 g/mol. The number of carboxylic acids is 1. The van der Waals surface area contributed by atoms with Crippen LogP contribution in [0.1, 0.15) is 6.42 Å². The summed E-state index contributed by atoms with van der Waals surface area (Å²) in [6.45, 7) is -0.197. The van der Waals surface area contributed by atoms with Gasteiger partial charge in [-0.25, -0.2) is 0 Å². The molecule has 0 aromatic rings. The molecule has 2 atom stereocenters. The van der Waals surface area contributed by atoms with Crippen molar-refractivity contribution in [2.24, 2.45) is 0 Å². The van der Waals surface area contributed by atoms with E-state index in [-0.39, 0.29) is 18.1 Å². The normalized spacial score (nSPS) is 34.6. The van der Waals surface area contributed by atoms with E-state index in [1.807, 2.05) is 0 Å². The largest absolute Gasteiger partial charge is 0.480 e. The van der Waals surface area contributed by atoms with Gasteiger partial charge in [0.25, 0.3) is 0 Å². The number of carboxylic acid groups (broad SMARTS) is 1. The maximum atomic E-state index is 12.4. The van der Waals surface area contributed by atoms with E-state index in [1.165, 1.54) is 0 Å². The molecule has 0 aromatic carbocycles. The van der Waals surface area contributed by atoms with Gasteiger partial charge >= 0.3 is 5.97 Å². The summed E-state index contributed by atoms with van der Waals surface area (Å²) in [4.78, 5) is 10.2. The number of aliphatic hydroxyl groups is 1. The second kappa shape index (κ2) is 2.51. The summed E-state index contributed by atoms with van der Waals surface area (Å²) in [6, 6.07) is -1.16. The zero-order valence-corrected chi connectivity index (χ0v) is 5.20. The Morgan fingerprint density at radius 2 is 2.30 bits per heavy atom. The van der Waals surface area contributed by atoms with Gasteiger partial charge in [-0.05, 0) is 0 Å². The third-order valence-corrected chi connectivity index (χ3v) is 1.50. The van der Waals surface area contributed by atoms with Crippen LogP contribution in [-0.2, 0) is 4.79 Å². The Kier molecular flexibility index (Phi) is 1.87. The van der Waals surface area contributed by atoms with Crippen molar-refractivity contribution < 1.29 is 19.5 Å².